The molecule has 0 unspecified atom stereocenters. The van der Waals surface area contributed by atoms with Crippen LogP contribution in [-0.4, -0.2) is 36.1 Å². The van der Waals surface area contributed by atoms with Crippen molar-refractivity contribution in [2.45, 2.75) is 12.8 Å². The maximum Gasteiger partial charge on any atom is 0.337 e. The molecule has 120 valence electrons. The molecule has 7 heteroatoms. The first-order valence-corrected chi connectivity index (χ1v) is 7.40. The van der Waals surface area contributed by atoms with Crippen molar-refractivity contribution in [3.8, 4) is 11.6 Å². The predicted molar refractivity (Wildman–Crippen MR) is 85.7 cm³/mol. The number of ether oxygens (including phenoxy) is 2. The van der Waals surface area contributed by atoms with Gasteiger partial charge in [-0.05, 0) is 37.1 Å². The molecule has 0 atom stereocenters. The quantitative estimate of drug-likeness (QED) is 0.865. The molecule has 0 bridgehead atoms. The van der Waals surface area contributed by atoms with Crippen LogP contribution in [-0.2, 0) is 4.74 Å². The van der Waals surface area contributed by atoms with Gasteiger partial charge in [-0.15, -0.1) is 0 Å². The second-order valence-electron chi connectivity index (χ2n) is 5.23. The van der Waals surface area contributed by atoms with E-state index in [0.29, 0.717) is 28.7 Å². The number of nitrogens with two attached hydrogens (primary N) is 1. The van der Waals surface area contributed by atoms with Gasteiger partial charge in [-0.2, -0.15) is 4.98 Å². The Morgan fingerprint density at radius 1 is 1.17 bits per heavy atom. The number of carbonyl (C=O) groups is 1. The molecule has 0 saturated carbocycles. The average Bonchev–Trinajstić information content (AvgIpc) is 3.11. The summed E-state index contributed by atoms with van der Waals surface area (Å²) in [7, 11) is 1.34. The molecule has 23 heavy (non-hydrogen) atoms. The largest absolute Gasteiger partial charge is 0.465 e. The normalized spacial score (nSPS) is 13.9. The summed E-state index contributed by atoms with van der Waals surface area (Å²) in [5.41, 5.74) is 7.02. The van der Waals surface area contributed by atoms with Crippen molar-refractivity contribution in [2.24, 2.45) is 0 Å². The van der Waals surface area contributed by atoms with E-state index >= 15 is 0 Å². The van der Waals surface area contributed by atoms with Crippen molar-refractivity contribution in [2.75, 3.05) is 30.8 Å². The van der Waals surface area contributed by atoms with Gasteiger partial charge in [0.15, 0.2) is 5.82 Å². The maximum absolute atomic E-state index is 11.4. The number of methoxy groups -OCH3 is 1. The lowest BCUT2D eigenvalue weighted by atomic mass is 10.2. The standard InChI is InChI=1S/C16H18N4O3/c1-22-16(21)11-4-6-12(7-5-11)23-15-13(17)14(18-10-19-15)20-8-2-3-9-20/h4-7,10H,2-3,8-9,17H2,1H3. The van der Waals surface area contributed by atoms with Crippen LogP contribution in [0.25, 0.3) is 0 Å². The monoisotopic (exact) mass is 314 g/mol. The Balaban J connectivity index is 1.80. The summed E-state index contributed by atoms with van der Waals surface area (Å²) in [6, 6.07) is 6.59. The third-order valence-electron chi connectivity index (χ3n) is 3.72. The van der Waals surface area contributed by atoms with E-state index in [1.807, 2.05) is 0 Å². The fraction of sp³-hybridized carbons (Fsp3) is 0.312. The highest BCUT2D eigenvalue weighted by molar-refractivity contribution is 5.89. The first kappa shape index (κ1) is 15.1. The molecule has 0 aliphatic carbocycles. The fourth-order valence-corrected chi connectivity index (χ4v) is 2.52. The summed E-state index contributed by atoms with van der Waals surface area (Å²) < 4.78 is 10.4. The van der Waals surface area contributed by atoms with Gasteiger partial charge in [0.25, 0.3) is 0 Å². The van der Waals surface area contributed by atoms with Crippen LogP contribution in [0.3, 0.4) is 0 Å². The number of benzene rings is 1. The van der Waals surface area contributed by atoms with Gasteiger partial charge in [-0.3, -0.25) is 0 Å². The summed E-state index contributed by atoms with van der Waals surface area (Å²) in [4.78, 5) is 21.9. The van der Waals surface area contributed by atoms with Crippen molar-refractivity contribution < 1.29 is 14.3 Å². The smallest absolute Gasteiger partial charge is 0.337 e. The number of rotatable bonds is 4. The lowest BCUT2D eigenvalue weighted by molar-refractivity contribution is 0.0600. The van der Waals surface area contributed by atoms with Crippen LogP contribution >= 0.6 is 0 Å². The highest BCUT2D eigenvalue weighted by Crippen LogP contribution is 2.32. The molecular formula is C16H18N4O3. The second kappa shape index (κ2) is 6.51. The van der Waals surface area contributed by atoms with Gasteiger partial charge in [-0.1, -0.05) is 0 Å². The lowest BCUT2D eigenvalue weighted by Gasteiger charge is -2.19. The Kier molecular flexibility index (Phi) is 4.27. The van der Waals surface area contributed by atoms with E-state index < -0.39 is 5.97 Å². The molecule has 0 amide bonds. The highest BCUT2D eigenvalue weighted by atomic mass is 16.5. The van der Waals surface area contributed by atoms with Crippen LogP contribution in [0.15, 0.2) is 30.6 Å². The number of hydrogen-bond acceptors (Lipinski definition) is 7. The molecule has 1 aliphatic rings. The van der Waals surface area contributed by atoms with Crippen molar-refractivity contribution >= 4 is 17.5 Å². The van der Waals surface area contributed by atoms with E-state index in [1.165, 1.54) is 13.4 Å². The van der Waals surface area contributed by atoms with Crippen LogP contribution in [0.1, 0.15) is 23.2 Å². The van der Waals surface area contributed by atoms with Crippen molar-refractivity contribution in [3.05, 3.63) is 36.2 Å². The molecule has 1 aliphatic heterocycles. The Morgan fingerprint density at radius 3 is 2.52 bits per heavy atom. The van der Waals surface area contributed by atoms with Crippen molar-refractivity contribution in [1.29, 1.82) is 0 Å². The van der Waals surface area contributed by atoms with Gasteiger partial charge in [0.2, 0.25) is 5.88 Å². The third-order valence-corrected chi connectivity index (χ3v) is 3.72. The molecule has 1 aromatic heterocycles. The van der Waals surface area contributed by atoms with E-state index in [0.717, 1.165) is 25.9 Å². The Hall–Kier alpha value is -2.83. The predicted octanol–water partition coefficient (Wildman–Crippen LogP) is 2.24. The van der Waals surface area contributed by atoms with Crippen LogP contribution in [0.2, 0.25) is 0 Å². The maximum atomic E-state index is 11.4. The zero-order chi connectivity index (χ0) is 16.2. The summed E-state index contributed by atoms with van der Waals surface area (Å²) in [6.07, 6.45) is 3.71. The second-order valence-corrected chi connectivity index (χ2v) is 5.23. The topological polar surface area (TPSA) is 90.6 Å². The zero-order valence-corrected chi connectivity index (χ0v) is 12.9. The Morgan fingerprint density at radius 2 is 1.87 bits per heavy atom. The number of carbonyl (C=O) groups excluding carboxylic acids is 1. The number of anilines is 2. The highest BCUT2D eigenvalue weighted by Gasteiger charge is 2.19. The van der Waals surface area contributed by atoms with Gasteiger partial charge in [0.1, 0.15) is 17.8 Å². The van der Waals surface area contributed by atoms with E-state index in [4.69, 9.17) is 10.5 Å². The van der Waals surface area contributed by atoms with E-state index in [2.05, 4.69) is 19.6 Å². The summed E-state index contributed by atoms with van der Waals surface area (Å²) in [5.74, 6) is 1.16. The number of aromatic nitrogens is 2. The number of hydrogen-bond donors (Lipinski definition) is 1. The van der Waals surface area contributed by atoms with Crippen molar-refractivity contribution in [1.82, 2.24) is 9.97 Å². The molecule has 1 saturated heterocycles. The van der Waals surface area contributed by atoms with Crippen molar-refractivity contribution in [3.63, 3.8) is 0 Å². The molecule has 0 radical (unpaired) electrons. The molecule has 2 N–H and O–H groups in total. The molecule has 2 aromatic rings. The average molecular weight is 314 g/mol. The SMILES string of the molecule is COC(=O)c1ccc(Oc2ncnc(N3CCCC3)c2N)cc1. The van der Waals surface area contributed by atoms with E-state index in [-0.39, 0.29) is 0 Å². The molecule has 3 rings (SSSR count). The van der Waals surface area contributed by atoms with Crippen LogP contribution < -0.4 is 15.4 Å². The zero-order valence-electron chi connectivity index (χ0n) is 12.9. The minimum atomic E-state index is -0.394. The fourth-order valence-electron chi connectivity index (χ4n) is 2.52. The molecule has 7 nitrogen and oxygen atoms in total. The van der Waals surface area contributed by atoms with Gasteiger partial charge in [0, 0.05) is 13.1 Å². The molecule has 2 heterocycles. The molecular weight excluding hydrogens is 296 g/mol. The lowest BCUT2D eigenvalue weighted by Crippen LogP contribution is -2.20. The number of esters is 1. The van der Waals surface area contributed by atoms with E-state index in [1.54, 1.807) is 24.3 Å². The van der Waals surface area contributed by atoms with Crippen LogP contribution in [0, 0.1) is 0 Å². The molecule has 0 spiro atoms. The minimum Gasteiger partial charge on any atom is -0.465 e. The first-order valence-electron chi connectivity index (χ1n) is 7.40. The van der Waals surface area contributed by atoms with Gasteiger partial charge in [-0.25, -0.2) is 9.78 Å². The van der Waals surface area contributed by atoms with E-state index in [9.17, 15) is 4.79 Å². The number of nitrogen functional groups attached to an aromatic ring is 1. The first-order chi connectivity index (χ1) is 11.2. The van der Waals surface area contributed by atoms with Crippen LogP contribution in [0.5, 0.6) is 11.6 Å². The number of nitrogens with zero attached hydrogens (tertiary/aromatic N) is 3. The Labute approximate surface area is 134 Å². The minimum absolute atomic E-state index is 0.313. The summed E-state index contributed by atoms with van der Waals surface area (Å²) >= 11 is 0. The molecule has 1 aromatic carbocycles. The summed E-state index contributed by atoms with van der Waals surface area (Å²) in [6.45, 7) is 1.88. The van der Waals surface area contributed by atoms with Gasteiger partial charge < -0.3 is 20.1 Å². The Bertz CT molecular complexity index is 697. The third kappa shape index (κ3) is 3.18. The van der Waals surface area contributed by atoms with Gasteiger partial charge in [0.05, 0.1) is 12.7 Å². The van der Waals surface area contributed by atoms with Gasteiger partial charge >= 0.3 is 5.97 Å². The molecule has 1 fully saturated rings. The van der Waals surface area contributed by atoms with Crippen LogP contribution in [0.4, 0.5) is 11.5 Å². The summed E-state index contributed by atoms with van der Waals surface area (Å²) in [5, 5.41) is 0.